The Morgan fingerprint density at radius 3 is 2.93 bits per heavy atom. The topological polar surface area (TPSA) is 75.8 Å². The van der Waals surface area contributed by atoms with Crippen LogP contribution >= 0.6 is 0 Å². The van der Waals surface area contributed by atoms with Gasteiger partial charge in [0.05, 0.1) is 6.10 Å². The van der Waals surface area contributed by atoms with Crippen molar-refractivity contribution in [1.29, 1.82) is 0 Å². The standard InChI is InChI=1S/C21H32N6O/c1-3-28-17-15-16(21(17)11-6-4-7-12-21)24-20(22-2)23-13-10-19-26-25-18-9-5-8-14-27(18)19/h5,8-9,14,16-17H,3-4,6-7,10-13,15H2,1-2H3,(H2,22,23,24). The van der Waals surface area contributed by atoms with Gasteiger partial charge in [-0.1, -0.05) is 25.3 Å². The lowest BCUT2D eigenvalue weighted by atomic mass is 9.55. The van der Waals surface area contributed by atoms with E-state index in [1.165, 1.54) is 32.1 Å². The molecule has 0 aromatic carbocycles. The van der Waals surface area contributed by atoms with Gasteiger partial charge in [-0.25, -0.2) is 0 Å². The van der Waals surface area contributed by atoms with Crippen LogP contribution < -0.4 is 10.6 Å². The number of nitrogens with zero attached hydrogens (tertiary/aromatic N) is 4. The molecule has 2 heterocycles. The Morgan fingerprint density at radius 2 is 2.14 bits per heavy atom. The molecule has 2 atom stereocenters. The first-order valence-electron chi connectivity index (χ1n) is 10.6. The third kappa shape index (κ3) is 3.60. The molecule has 28 heavy (non-hydrogen) atoms. The van der Waals surface area contributed by atoms with Gasteiger partial charge in [0.15, 0.2) is 11.6 Å². The molecule has 2 unspecified atom stereocenters. The minimum atomic E-state index is 0.287. The normalized spacial score (nSPS) is 24.3. The average Bonchev–Trinajstić information content (AvgIpc) is 3.15. The minimum absolute atomic E-state index is 0.287. The molecule has 7 heteroatoms. The number of fused-ring (bicyclic) bond motifs is 1. The van der Waals surface area contributed by atoms with Crippen molar-refractivity contribution < 1.29 is 4.74 Å². The van der Waals surface area contributed by atoms with E-state index in [-0.39, 0.29) is 5.41 Å². The molecule has 1 spiro atoms. The molecule has 2 saturated carbocycles. The number of aliphatic imine (C=N–C) groups is 1. The molecule has 2 fully saturated rings. The Bertz CT molecular complexity index is 810. The molecule has 0 bridgehead atoms. The molecule has 2 aromatic heterocycles. The van der Waals surface area contributed by atoms with Crippen molar-refractivity contribution in [2.45, 2.75) is 64.0 Å². The van der Waals surface area contributed by atoms with Crippen molar-refractivity contribution in [3.63, 3.8) is 0 Å². The number of guanidine groups is 1. The van der Waals surface area contributed by atoms with Gasteiger partial charge in [-0.15, -0.1) is 10.2 Å². The predicted octanol–water partition coefficient (Wildman–Crippen LogP) is 2.56. The molecule has 4 rings (SSSR count). The highest BCUT2D eigenvalue weighted by Gasteiger charge is 2.55. The Balaban J connectivity index is 1.33. The van der Waals surface area contributed by atoms with Crippen LogP contribution in [0.4, 0.5) is 0 Å². The molecule has 0 radical (unpaired) electrons. The fraction of sp³-hybridized carbons (Fsp3) is 0.667. The zero-order chi connectivity index (χ0) is 19.4. The van der Waals surface area contributed by atoms with E-state index in [0.29, 0.717) is 12.1 Å². The molecule has 2 aliphatic carbocycles. The SMILES string of the molecule is CCOC1CC(NC(=NC)NCCc2nnc3ccccn23)C12CCCCC2. The van der Waals surface area contributed by atoms with Crippen LogP contribution in [0, 0.1) is 5.41 Å². The highest BCUT2D eigenvalue weighted by atomic mass is 16.5. The Kier molecular flexibility index (Phi) is 5.80. The van der Waals surface area contributed by atoms with Crippen LogP contribution in [-0.2, 0) is 11.2 Å². The van der Waals surface area contributed by atoms with E-state index < -0.39 is 0 Å². The van der Waals surface area contributed by atoms with E-state index in [2.05, 4.69) is 32.7 Å². The van der Waals surface area contributed by atoms with Crippen LogP contribution in [-0.4, -0.2) is 52.9 Å². The summed E-state index contributed by atoms with van der Waals surface area (Å²) in [7, 11) is 1.84. The maximum absolute atomic E-state index is 6.07. The van der Waals surface area contributed by atoms with Gasteiger partial charge in [-0.3, -0.25) is 9.39 Å². The molecule has 0 amide bonds. The highest BCUT2D eigenvalue weighted by molar-refractivity contribution is 5.80. The summed E-state index contributed by atoms with van der Waals surface area (Å²) in [5, 5.41) is 15.7. The summed E-state index contributed by atoms with van der Waals surface area (Å²) in [4.78, 5) is 4.45. The van der Waals surface area contributed by atoms with Crippen molar-refractivity contribution in [2.24, 2.45) is 10.4 Å². The summed E-state index contributed by atoms with van der Waals surface area (Å²) in [6.45, 7) is 3.67. The summed E-state index contributed by atoms with van der Waals surface area (Å²) in [6, 6.07) is 6.40. The number of hydrogen-bond donors (Lipinski definition) is 2. The number of pyridine rings is 1. The Labute approximate surface area is 167 Å². The second-order valence-corrected chi connectivity index (χ2v) is 7.96. The fourth-order valence-electron chi connectivity index (χ4n) is 4.98. The molecule has 2 aliphatic rings. The van der Waals surface area contributed by atoms with Gasteiger partial charge in [-0.2, -0.15) is 0 Å². The zero-order valence-electron chi connectivity index (χ0n) is 17.0. The van der Waals surface area contributed by atoms with E-state index in [4.69, 9.17) is 4.74 Å². The molecule has 7 nitrogen and oxygen atoms in total. The first kappa shape index (κ1) is 19.2. The van der Waals surface area contributed by atoms with Crippen LogP contribution in [0.2, 0.25) is 0 Å². The van der Waals surface area contributed by atoms with Crippen molar-refractivity contribution in [2.75, 3.05) is 20.2 Å². The van der Waals surface area contributed by atoms with Gasteiger partial charge in [0.2, 0.25) is 0 Å². The zero-order valence-corrected chi connectivity index (χ0v) is 17.0. The smallest absolute Gasteiger partial charge is 0.191 e. The van der Waals surface area contributed by atoms with Crippen LogP contribution in [0.15, 0.2) is 29.4 Å². The third-order valence-corrected chi connectivity index (χ3v) is 6.50. The van der Waals surface area contributed by atoms with Gasteiger partial charge in [-0.05, 0) is 38.3 Å². The van der Waals surface area contributed by atoms with E-state index in [1.54, 1.807) is 0 Å². The summed E-state index contributed by atoms with van der Waals surface area (Å²) < 4.78 is 8.10. The van der Waals surface area contributed by atoms with Gasteiger partial charge < -0.3 is 15.4 Å². The molecule has 0 saturated heterocycles. The van der Waals surface area contributed by atoms with Crippen molar-refractivity contribution >= 4 is 11.6 Å². The number of nitrogens with one attached hydrogen (secondary N) is 2. The lowest BCUT2D eigenvalue weighted by Gasteiger charge is -2.57. The van der Waals surface area contributed by atoms with Crippen molar-refractivity contribution in [3.05, 3.63) is 30.2 Å². The Hall–Kier alpha value is -2.15. The van der Waals surface area contributed by atoms with Crippen molar-refractivity contribution in [1.82, 2.24) is 25.2 Å². The summed E-state index contributed by atoms with van der Waals surface area (Å²) in [5.74, 6) is 1.83. The van der Waals surface area contributed by atoms with Crippen molar-refractivity contribution in [3.8, 4) is 0 Å². The molecular weight excluding hydrogens is 352 g/mol. The van der Waals surface area contributed by atoms with E-state index in [1.807, 2.05) is 35.8 Å². The van der Waals surface area contributed by atoms with Gasteiger partial charge in [0.1, 0.15) is 5.82 Å². The van der Waals surface area contributed by atoms with Gasteiger partial charge >= 0.3 is 0 Å². The number of rotatable bonds is 6. The summed E-state index contributed by atoms with van der Waals surface area (Å²) in [6.07, 6.45) is 10.8. The second kappa shape index (κ2) is 8.47. The number of ether oxygens (including phenoxy) is 1. The van der Waals surface area contributed by atoms with E-state index >= 15 is 0 Å². The fourth-order valence-corrected chi connectivity index (χ4v) is 4.98. The molecular formula is C21H32N6O. The number of aromatic nitrogens is 3. The van der Waals surface area contributed by atoms with Gasteiger partial charge in [0.25, 0.3) is 0 Å². The Morgan fingerprint density at radius 1 is 1.29 bits per heavy atom. The average molecular weight is 385 g/mol. The second-order valence-electron chi connectivity index (χ2n) is 7.96. The first-order valence-corrected chi connectivity index (χ1v) is 10.6. The van der Waals surface area contributed by atoms with Crippen LogP contribution in [0.25, 0.3) is 5.65 Å². The molecule has 2 N–H and O–H groups in total. The van der Waals surface area contributed by atoms with E-state index in [9.17, 15) is 0 Å². The minimum Gasteiger partial charge on any atom is -0.378 e. The largest absolute Gasteiger partial charge is 0.378 e. The van der Waals surface area contributed by atoms with E-state index in [0.717, 1.165) is 43.4 Å². The van der Waals surface area contributed by atoms with Gasteiger partial charge in [0, 0.05) is 44.3 Å². The van der Waals surface area contributed by atoms with Crippen LogP contribution in [0.3, 0.4) is 0 Å². The monoisotopic (exact) mass is 384 g/mol. The lowest BCUT2D eigenvalue weighted by molar-refractivity contribution is -0.145. The quantitative estimate of drug-likeness (QED) is 0.591. The maximum atomic E-state index is 6.07. The van der Waals surface area contributed by atoms with Crippen LogP contribution in [0.5, 0.6) is 0 Å². The molecule has 2 aromatic rings. The summed E-state index contributed by atoms with van der Waals surface area (Å²) >= 11 is 0. The highest BCUT2D eigenvalue weighted by Crippen LogP contribution is 2.53. The molecule has 0 aliphatic heterocycles. The first-order chi connectivity index (χ1) is 13.8. The maximum Gasteiger partial charge on any atom is 0.191 e. The third-order valence-electron chi connectivity index (χ3n) is 6.50. The van der Waals surface area contributed by atoms with Crippen LogP contribution in [0.1, 0.15) is 51.3 Å². The molecule has 152 valence electrons. The summed E-state index contributed by atoms with van der Waals surface area (Å²) in [5.41, 5.74) is 1.17. The number of hydrogen-bond acceptors (Lipinski definition) is 4. The lowest BCUT2D eigenvalue weighted by Crippen LogP contribution is -2.66. The predicted molar refractivity (Wildman–Crippen MR) is 111 cm³/mol.